The lowest BCUT2D eigenvalue weighted by atomic mass is 10.2. The maximum atomic E-state index is 11.5. The zero-order valence-corrected chi connectivity index (χ0v) is 11.6. The number of hydrogen-bond donors (Lipinski definition) is 1. The summed E-state index contributed by atoms with van der Waals surface area (Å²) < 4.78 is 6.01. The average Bonchev–Trinajstić information content (AvgIpc) is 2.87. The molecule has 0 atom stereocenters. The summed E-state index contributed by atoms with van der Waals surface area (Å²) in [5.41, 5.74) is 7.60. The Morgan fingerprint density at radius 2 is 2.00 bits per heavy atom. The molecule has 20 heavy (non-hydrogen) atoms. The minimum atomic E-state index is -0.602. The molecule has 0 aliphatic rings. The highest BCUT2D eigenvalue weighted by molar-refractivity contribution is 5.92. The lowest BCUT2D eigenvalue weighted by Gasteiger charge is -2.07. The Labute approximate surface area is 116 Å². The SMILES string of the molecule is CCc1nnc(-n2cnc(C(=O)OC)c2N)nc1CC. The van der Waals surface area contributed by atoms with Crippen LogP contribution < -0.4 is 5.73 Å². The molecule has 2 aromatic rings. The quantitative estimate of drug-likeness (QED) is 0.812. The van der Waals surface area contributed by atoms with Crippen LogP contribution in [0.2, 0.25) is 0 Å². The third-order valence-corrected chi connectivity index (χ3v) is 2.90. The van der Waals surface area contributed by atoms with Crippen LogP contribution in [0.4, 0.5) is 5.82 Å². The van der Waals surface area contributed by atoms with E-state index in [9.17, 15) is 4.79 Å². The monoisotopic (exact) mass is 276 g/mol. The third kappa shape index (κ3) is 2.31. The average molecular weight is 276 g/mol. The number of nitrogens with two attached hydrogens (primary N) is 1. The molecular formula is C12H16N6O2. The van der Waals surface area contributed by atoms with Crippen molar-refractivity contribution in [1.29, 1.82) is 0 Å². The molecule has 0 fully saturated rings. The summed E-state index contributed by atoms with van der Waals surface area (Å²) in [6.07, 6.45) is 2.88. The van der Waals surface area contributed by atoms with Crippen molar-refractivity contribution in [3.63, 3.8) is 0 Å². The highest BCUT2D eigenvalue weighted by Crippen LogP contribution is 2.15. The summed E-state index contributed by atoms with van der Waals surface area (Å²) in [7, 11) is 1.27. The molecule has 0 aromatic carbocycles. The second-order valence-electron chi connectivity index (χ2n) is 4.05. The second-order valence-corrected chi connectivity index (χ2v) is 4.05. The number of aromatic nitrogens is 5. The Bertz CT molecular complexity index is 637. The number of rotatable bonds is 4. The molecular weight excluding hydrogens is 260 g/mol. The molecule has 8 heteroatoms. The van der Waals surface area contributed by atoms with Gasteiger partial charge in [0.1, 0.15) is 12.1 Å². The van der Waals surface area contributed by atoms with Crippen LogP contribution in [0, 0.1) is 0 Å². The first kappa shape index (κ1) is 13.9. The van der Waals surface area contributed by atoms with Gasteiger partial charge in [0.15, 0.2) is 5.69 Å². The molecule has 2 heterocycles. The number of esters is 1. The van der Waals surface area contributed by atoms with E-state index in [0.717, 1.165) is 24.2 Å². The van der Waals surface area contributed by atoms with E-state index in [1.807, 2.05) is 13.8 Å². The molecule has 0 aliphatic carbocycles. The van der Waals surface area contributed by atoms with Gasteiger partial charge < -0.3 is 10.5 Å². The van der Waals surface area contributed by atoms with Crippen LogP contribution in [0.5, 0.6) is 0 Å². The molecule has 0 saturated carbocycles. The molecule has 0 aliphatic heterocycles. The fourth-order valence-electron chi connectivity index (χ4n) is 1.80. The van der Waals surface area contributed by atoms with Crippen LogP contribution in [0.25, 0.3) is 5.95 Å². The Hall–Kier alpha value is -2.51. The summed E-state index contributed by atoms with van der Waals surface area (Å²) in [6.45, 7) is 3.98. The molecule has 0 bridgehead atoms. The number of nitrogens with zero attached hydrogens (tertiary/aromatic N) is 5. The number of carbonyl (C=O) groups is 1. The summed E-state index contributed by atoms with van der Waals surface area (Å²) in [5, 5.41) is 8.14. The Kier molecular flexibility index (Phi) is 3.92. The number of imidazole rings is 1. The summed E-state index contributed by atoms with van der Waals surface area (Å²) >= 11 is 0. The number of methoxy groups -OCH3 is 1. The van der Waals surface area contributed by atoms with Crippen molar-refractivity contribution in [2.45, 2.75) is 26.7 Å². The van der Waals surface area contributed by atoms with Gasteiger partial charge in [0, 0.05) is 0 Å². The van der Waals surface area contributed by atoms with Gasteiger partial charge in [-0.15, -0.1) is 10.2 Å². The van der Waals surface area contributed by atoms with Gasteiger partial charge in [-0.3, -0.25) is 4.57 Å². The van der Waals surface area contributed by atoms with Crippen molar-refractivity contribution in [1.82, 2.24) is 24.7 Å². The first-order valence-electron chi connectivity index (χ1n) is 6.26. The van der Waals surface area contributed by atoms with E-state index in [1.165, 1.54) is 18.0 Å². The lowest BCUT2D eigenvalue weighted by molar-refractivity contribution is 0.0596. The molecule has 0 saturated heterocycles. The van der Waals surface area contributed by atoms with Crippen LogP contribution >= 0.6 is 0 Å². The highest BCUT2D eigenvalue weighted by atomic mass is 16.5. The molecule has 0 unspecified atom stereocenters. The van der Waals surface area contributed by atoms with Gasteiger partial charge in [0.05, 0.1) is 18.5 Å². The molecule has 8 nitrogen and oxygen atoms in total. The van der Waals surface area contributed by atoms with Crippen LogP contribution in [0.3, 0.4) is 0 Å². The smallest absolute Gasteiger partial charge is 0.360 e. The largest absolute Gasteiger partial charge is 0.464 e. The standard InChI is InChI=1S/C12H16N6O2/c1-4-7-8(5-2)16-17-12(15-7)18-6-14-9(10(18)13)11(19)20-3/h6H,4-5,13H2,1-3H3. The minimum Gasteiger partial charge on any atom is -0.464 e. The first-order valence-corrected chi connectivity index (χ1v) is 6.26. The fourth-order valence-corrected chi connectivity index (χ4v) is 1.80. The van der Waals surface area contributed by atoms with Crippen molar-refractivity contribution in [3.05, 3.63) is 23.4 Å². The minimum absolute atomic E-state index is 0.0358. The third-order valence-electron chi connectivity index (χ3n) is 2.90. The summed E-state index contributed by atoms with van der Waals surface area (Å²) in [5.74, 6) is -0.181. The van der Waals surface area contributed by atoms with Crippen molar-refractivity contribution >= 4 is 11.8 Å². The van der Waals surface area contributed by atoms with Gasteiger partial charge in [-0.1, -0.05) is 13.8 Å². The van der Waals surface area contributed by atoms with Gasteiger partial charge >= 0.3 is 5.97 Å². The van der Waals surface area contributed by atoms with E-state index in [2.05, 4.69) is 24.9 Å². The predicted octanol–water partition coefficient (Wildman–Crippen LogP) is 0.551. The predicted molar refractivity (Wildman–Crippen MR) is 71.5 cm³/mol. The normalized spacial score (nSPS) is 10.6. The number of anilines is 1. The molecule has 0 radical (unpaired) electrons. The van der Waals surface area contributed by atoms with Gasteiger partial charge in [-0.25, -0.2) is 14.8 Å². The zero-order valence-electron chi connectivity index (χ0n) is 11.6. The highest BCUT2D eigenvalue weighted by Gasteiger charge is 2.19. The van der Waals surface area contributed by atoms with Gasteiger partial charge in [0.25, 0.3) is 5.95 Å². The first-order chi connectivity index (χ1) is 9.62. The van der Waals surface area contributed by atoms with E-state index >= 15 is 0 Å². The second kappa shape index (κ2) is 5.64. The van der Waals surface area contributed by atoms with E-state index in [1.54, 1.807) is 0 Å². The van der Waals surface area contributed by atoms with Gasteiger partial charge in [-0.2, -0.15) is 0 Å². The topological polar surface area (TPSA) is 109 Å². The van der Waals surface area contributed by atoms with Crippen molar-refractivity contribution in [3.8, 4) is 5.95 Å². The molecule has 106 valence electrons. The zero-order chi connectivity index (χ0) is 14.7. The fraction of sp³-hybridized carbons (Fsp3) is 0.417. The van der Waals surface area contributed by atoms with Crippen LogP contribution in [-0.4, -0.2) is 37.8 Å². The van der Waals surface area contributed by atoms with E-state index < -0.39 is 5.97 Å². The maximum absolute atomic E-state index is 11.5. The lowest BCUT2D eigenvalue weighted by Crippen LogP contribution is -2.12. The number of carbonyl (C=O) groups excluding carboxylic acids is 1. The number of aryl methyl sites for hydroxylation is 2. The number of hydrogen-bond acceptors (Lipinski definition) is 7. The van der Waals surface area contributed by atoms with Crippen LogP contribution in [0.15, 0.2) is 6.33 Å². The van der Waals surface area contributed by atoms with E-state index in [4.69, 9.17) is 5.73 Å². The number of ether oxygens (including phenoxy) is 1. The Morgan fingerprint density at radius 1 is 1.30 bits per heavy atom. The van der Waals surface area contributed by atoms with Gasteiger partial charge in [0.2, 0.25) is 0 Å². The number of nitrogen functional groups attached to an aromatic ring is 1. The maximum Gasteiger partial charge on any atom is 0.360 e. The molecule has 0 amide bonds. The molecule has 0 spiro atoms. The van der Waals surface area contributed by atoms with Crippen molar-refractivity contribution in [2.75, 3.05) is 12.8 Å². The van der Waals surface area contributed by atoms with Crippen molar-refractivity contribution < 1.29 is 9.53 Å². The van der Waals surface area contributed by atoms with Crippen LogP contribution in [0.1, 0.15) is 35.7 Å². The van der Waals surface area contributed by atoms with Gasteiger partial charge in [-0.05, 0) is 12.8 Å². The summed E-state index contributed by atoms with van der Waals surface area (Å²) in [6, 6.07) is 0. The molecule has 2 aromatic heterocycles. The van der Waals surface area contributed by atoms with E-state index in [-0.39, 0.29) is 11.5 Å². The summed E-state index contributed by atoms with van der Waals surface area (Å²) in [4.78, 5) is 19.8. The molecule has 2 rings (SSSR count). The van der Waals surface area contributed by atoms with Crippen molar-refractivity contribution in [2.24, 2.45) is 0 Å². The Morgan fingerprint density at radius 3 is 2.60 bits per heavy atom. The molecule has 2 N–H and O–H groups in total. The Balaban J connectivity index is 2.47. The van der Waals surface area contributed by atoms with Crippen LogP contribution in [-0.2, 0) is 17.6 Å². The van der Waals surface area contributed by atoms with E-state index in [0.29, 0.717) is 5.95 Å².